The molecule has 0 spiro atoms. The van der Waals surface area contributed by atoms with Crippen LogP contribution in [0, 0.1) is 0 Å². The van der Waals surface area contributed by atoms with Crippen LogP contribution in [0.15, 0.2) is 47.6 Å². The standard InChI is InChI=1S/C22H26N2O2/c1-15-16(2)26-21-18(15)11-8-12-19(21)22(25)24-14-7-6-13-20(24)23-17-9-4-3-5-10-17/h6-8,11-17H,3-5,9-10H2,1-2H3. The molecule has 0 saturated heterocycles. The largest absolute Gasteiger partial charge is 0.489 e. The normalized spacial score (nSPS) is 23.5. The fraction of sp³-hybridized carbons (Fsp3) is 0.455. The summed E-state index contributed by atoms with van der Waals surface area (Å²) < 4.78 is 7.69. The molecule has 0 amide bonds. The molecule has 0 radical (unpaired) electrons. The first-order valence-corrected chi connectivity index (χ1v) is 9.71. The highest BCUT2D eigenvalue weighted by Gasteiger charge is 2.31. The number of fused-ring (bicyclic) bond motifs is 1. The maximum atomic E-state index is 13.3. The molecule has 1 aliphatic heterocycles. The van der Waals surface area contributed by atoms with Crippen molar-refractivity contribution in [3.8, 4) is 5.75 Å². The Morgan fingerprint density at radius 2 is 1.88 bits per heavy atom. The second-order valence-electron chi connectivity index (χ2n) is 7.49. The van der Waals surface area contributed by atoms with E-state index in [-0.39, 0.29) is 12.0 Å². The summed E-state index contributed by atoms with van der Waals surface area (Å²) in [7, 11) is 0. The molecule has 4 rings (SSSR count). The molecule has 2 aliphatic rings. The van der Waals surface area contributed by atoms with Crippen LogP contribution < -0.4 is 10.2 Å². The van der Waals surface area contributed by atoms with Gasteiger partial charge in [-0.2, -0.15) is 0 Å². The molecule has 0 bridgehead atoms. The number of hydrogen-bond acceptors (Lipinski definition) is 3. The Bertz CT molecular complexity index is 878. The van der Waals surface area contributed by atoms with Crippen LogP contribution in [0.3, 0.4) is 0 Å². The Morgan fingerprint density at radius 1 is 1.08 bits per heavy atom. The van der Waals surface area contributed by atoms with E-state index < -0.39 is 0 Å². The Labute approximate surface area is 154 Å². The van der Waals surface area contributed by atoms with Crippen molar-refractivity contribution >= 4 is 5.91 Å². The van der Waals surface area contributed by atoms with Crippen LogP contribution in [0.2, 0.25) is 0 Å². The number of carbonyl (C=O) groups is 1. The van der Waals surface area contributed by atoms with Crippen LogP contribution in [0.5, 0.6) is 5.75 Å². The molecule has 2 heterocycles. The Kier molecular flexibility index (Phi) is 4.66. The van der Waals surface area contributed by atoms with Crippen molar-refractivity contribution in [3.05, 3.63) is 59.2 Å². The molecule has 4 nitrogen and oxygen atoms in total. The van der Waals surface area contributed by atoms with Crippen molar-refractivity contribution in [1.82, 2.24) is 4.57 Å². The van der Waals surface area contributed by atoms with E-state index in [9.17, 15) is 4.79 Å². The van der Waals surface area contributed by atoms with Gasteiger partial charge in [0.15, 0.2) is 0 Å². The zero-order valence-electron chi connectivity index (χ0n) is 15.5. The highest BCUT2D eigenvalue weighted by atomic mass is 16.5. The molecule has 0 N–H and O–H groups in total. The summed E-state index contributed by atoms with van der Waals surface area (Å²) in [6, 6.07) is 11.9. The highest BCUT2D eigenvalue weighted by molar-refractivity contribution is 5.99. The summed E-state index contributed by atoms with van der Waals surface area (Å²) in [6.45, 7) is 4.20. The average Bonchev–Trinajstić information content (AvgIpc) is 2.97. The minimum absolute atomic E-state index is 0.0710. The smallest absolute Gasteiger partial charge is 0.267 e. The third kappa shape index (κ3) is 3.09. The van der Waals surface area contributed by atoms with Crippen LogP contribution in [0.4, 0.5) is 0 Å². The second kappa shape index (κ2) is 7.10. The fourth-order valence-electron chi connectivity index (χ4n) is 3.99. The lowest BCUT2D eigenvalue weighted by molar-refractivity contribution is 0.0949. The fourth-order valence-corrected chi connectivity index (χ4v) is 3.99. The summed E-state index contributed by atoms with van der Waals surface area (Å²) in [5.41, 5.74) is 2.47. The van der Waals surface area contributed by atoms with E-state index >= 15 is 0 Å². The van der Waals surface area contributed by atoms with Crippen molar-refractivity contribution in [1.29, 1.82) is 0 Å². The van der Waals surface area contributed by atoms with E-state index in [4.69, 9.17) is 9.73 Å². The van der Waals surface area contributed by atoms with Gasteiger partial charge in [-0.1, -0.05) is 44.4 Å². The molecule has 2 atom stereocenters. The summed E-state index contributed by atoms with van der Waals surface area (Å²) in [6.07, 6.45) is 7.87. The lowest BCUT2D eigenvalue weighted by Gasteiger charge is -2.18. The monoisotopic (exact) mass is 350 g/mol. The van der Waals surface area contributed by atoms with Gasteiger partial charge in [0, 0.05) is 17.7 Å². The van der Waals surface area contributed by atoms with Gasteiger partial charge in [-0.05, 0) is 38.0 Å². The van der Waals surface area contributed by atoms with E-state index in [2.05, 4.69) is 19.9 Å². The number of para-hydroxylation sites is 1. The lowest BCUT2D eigenvalue weighted by Crippen LogP contribution is -2.29. The molecule has 1 saturated carbocycles. The van der Waals surface area contributed by atoms with Crippen LogP contribution in [0.1, 0.15) is 67.8 Å². The summed E-state index contributed by atoms with van der Waals surface area (Å²) in [5, 5.41) is 0. The summed E-state index contributed by atoms with van der Waals surface area (Å²) in [5.74, 6) is 0.959. The van der Waals surface area contributed by atoms with Gasteiger partial charge in [0.2, 0.25) is 0 Å². The molecular formula is C22H26N2O2. The van der Waals surface area contributed by atoms with E-state index in [0.717, 1.165) is 29.6 Å². The van der Waals surface area contributed by atoms with Crippen molar-refractivity contribution < 1.29 is 9.53 Å². The molecule has 1 fully saturated rings. The summed E-state index contributed by atoms with van der Waals surface area (Å²) >= 11 is 0. The summed E-state index contributed by atoms with van der Waals surface area (Å²) in [4.78, 5) is 18.2. The van der Waals surface area contributed by atoms with Gasteiger partial charge in [-0.25, -0.2) is 0 Å². The van der Waals surface area contributed by atoms with Crippen LogP contribution in [0.25, 0.3) is 0 Å². The molecule has 26 heavy (non-hydrogen) atoms. The number of ether oxygens (including phenoxy) is 1. The number of carbonyl (C=O) groups excluding carboxylic acids is 1. The van der Waals surface area contributed by atoms with E-state index in [1.165, 1.54) is 19.3 Å². The highest BCUT2D eigenvalue weighted by Crippen LogP contribution is 2.40. The Balaban J connectivity index is 1.74. The molecule has 1 aromatic heterocycles. The van der Waals surface area contributed by atoms with Crippen LogP contribution in [-0.4, -0.2) is 22.6 Å². The molecule has 1 aromatic carbocycles. The molecule has 2 aromatic rings. The first-order chi connectivity index (χ1) is 12.6. The minimum Gasteiger partial charge on any atom is -0.489 e. The van der Waals surface area contributed by atoms with Crippen LogP contribution in [-0.2, 0) is 0 Å². The molecule has 2 unspecified atom stereocenters. The quantitative estimate of drug-likeness (QED) is 0.811. The number of benzene rings is 1. The Morgan fingerprint density at radius 3 is 2.69 bits per heavy atom. The average molecular weight is 350 g/mol. The van der Waals surface area contributed by atoms with E-state index in [1.54, 1.807) is 4.57 Å². The molecule has 4 heteroatoms. The zero-order valence-corrected chi connectivity index (χ0v) is 15.5. The van der Waals surface area contributed by atoms with Crippen molar-refractivity contribution in [2.45, 2.75) is 64.0 Å². The number of hydrogen-bond donors (Lipinski definition) is 0. The first-order valence-electron chi connectivity index (χ1n) is 9.71. The number of rotatable bonds is 2. The molecule has 1 aliphatic carbocycles. The van der Waals surface area contributed by atoms with Crippen LogP contribution >= 0.6 is 0 Å². The van der Waals surface area contributed by atoms with Gasteiger partial charge >= 0.3 is 0 Å². The van der Waals surface area contributed by atoms with Crippen molar-refractivity contribution in [2.75, 3.05) is 0 Å². The number of nitrogens with zero attached hydrogens (tertiary/aromatic N) is 2. The second-order valence-corrected chi connectivity index (χ2v) is 7.49. The van der Waals surface area contributed by atoms with E-state index in [1.807, 2.05) is 36.5 Å². The predicted molar refractivity (Wildman–Crippen MR) is 102 cm³/mol. The molecular weight excluding hydrogens is 324 g/mol. The zero-order chi connectivity index (χ0) is 18.1. The van der Waals surface area contributed by atoms with Crippen molar-refractivity contribution in [2.24, 2.45) is 4.99 Å². The first kappa shape index (κ1) is 17.1. The van der Waals surface area contributed by atoms with Gasteiger partial charge in [0.05, 0.1) is 11.6 Å². The third-order valence-electron chi connectivity index (χ3n) is 5.72. The third-order valence-corrected chi connectivity index (χ3v) is 5.72. The maximum absolute atomic E-state index is 13.3. The van der Waals surface area contributed by atoms with Gasteiger partial charge in [0.1, 0.15) is 17.3 Å². The Hall–Kier alpha value is -2.36. The topological polar surface area (TPSA) is 43.6 Å². The van der Waals surface area contributed by atoms with Gasteiger partial charge in [-0.3, -0.25) is 14.4 Å². The molecule has 136 valence electrons. The van der Waals surface area contributed by atoms with Crippen molar-refractivity contribution in [3.63, 3.8) is 0 Å². The van der Waals surface area contributed by atoms with Gasteiger partial charge < -0.3 is 4.74 Å². The van der Waals surface area contributed by atoms with Gasteiger partial charge in [0.25, 0.3) is 5.91 Å². The van der Waals surface area contributed by atoms with Gasteiger partial charge in [-0.15, -0.1) is 0 Å². The minimum atomic E-state index is -0.0710. The lowest BCUT2D eigenvalue weighted by atomic mass is 9.96. The number of pyridine rings is 1. The number of aromatic nitrogens is 1. The predicted octanol–water partition coefficient (Wildman–Crippen LogP) is 4.29. The van der Waals surface area contributed by atoms with E-state index in [0.29, 0.717) is 17.5 Å². The maximum Gasteiger partial charge on any atom is 0.267 e. The SMILES string of the molecule is CC1Oc2c(C(=O)n3ccccc3=NC3CCCCC3)cccc2C1C.